The Bertz CT molecular complexity index is 423. The van der Waals surface area contributed by atoms with Crippen molar-refractivity contribution in [1.29, 1.82) is 0 Å². The van der Waals surface area contributed by atoms with E-state index in [-0.39, 0.29) is 4.90 Å². The van der Waals surface area contributed by atoms with Crippen LogP contribution in [-0.4, -0.2) is 22.0 Å². The SMILES string of the molecule is CCNS(=O)(=O)c1cc(CNC)oc1C. The molecule has 0 aliphatic heterocycles. The number of sulfonamides is 1. The predicted molar refractivity (Wildman–Crippen MR) is 57.1 cm³/mol. The molecule has 5 nitrogen and oxygen atoms in total. The van der Waals surface area contributed by atoms with E-state index in [0.29, 0.717) is 24.6 Å². The Balaban J connectivity index is 3.04. The van der Waals surface area contributed by atoms with Gasteiger partial charge in [0.05, 0.1) is 6.54 Å². The van der Waals surface area contributed by atoms with E-state index < -0.39 is 10.0 Å². The number of hydrogen-bond acceptors (Lipinski definition) is 4. The minimum atomic E-state index is -3.41. The fourth-order valence-electron chi connectivity index (χ4n) is 1.32. The number of aryl methyl sites for hydroxylation is 1. The molecule has 0 aromatic carbocycles. The Morgan fingerprint density at radius 3 is 2.67 bits per heavy atom. The largest absolute Gasteiger partial charge is 0.464 e. The van der Waals surface area contributed by atoms with E-state index in [2.05, 4.69) is 10.0 Å². The molecule has 0 saturated carbocycles. The van der Waals surface area contributed by atoms with Crippen molar-refractivity contribution in [3.05, 3.63) is 17.6 Å². The summed E-state index contributed by atoms with van der Waals surface area (Å²) in [5, 5.41) is 2.90. The lowest BCUT2D eigenvalue weighted by Gasteiger charge is -2.00. The van der Waals surface area contributed by atoms with E-state index in [4.69, 9.17) is 4.42 Å². The quantitative estimate of drug-likeness (QED) is 0.780. The molecule has 0 radical (unpaired) electrons. The van der Waals surface area contributed by atoms with E-state index in [0.717, 1.165) is 0 Å². The molecule has 1 rings (SSSR count). The average Bonchev–Trinajstić information content (AvgIpc) is 2.48. The highest BCUT2D eigenvalue weighted by molar-refractivity contribution is 7.89. The van der Waals surface area contributed by atoms with Gasteiger partial charge in [0, 0.05) is 12.6 Å². The van der Waals surface area contributed by atoms with Crippen molar-refractivity contribution >= 4 is 10.0 Å². The van der Waals surface area contributed by atoms with Crippen molar-refractivity contribution in [1.82, 2.24) is 10.0 Å². The van der Waals surface area contributed by atoms with Crippen LogP contribution in [0.15, 0.2) is 15.4 Å². The van der Waals surface area contributed by atoms with Gasteiger partial charge >= 0.3 is 0 Å². The zero-order valence-corrected chi connectivity index (χ0v) is 9.94. The summed E-state index contributed by atoms with van der Waals surface area (Å²) >= 11 is 0. The molecule has 1 aromatic rings. The molecule has 15 heavy (non-hydrogen) atoms. The van der Waals surface area contributed by atoms with Crippen LogP contribution >= 0.6 is 0 Å². The highest BCUT2D eigenvalue weighted by Gasteiger charge is 2.19. The molecule has 0 aliphatic rings. The summed E-state index contributed by atoms with van der Waals surface area (Å²) in [6.07, 6.45) is 0. The number of furan rings is 1. The Morgan fingerprint density at radius 2 is 2.13 bits per heavy atom. The molecule has 0 atom stereocenters. The molecule has 86 valence electrons. The fourth-order valence-corrected chi connectivity index (χ4v) is 2.56. The molecular formula is C9H16N2O3S. The summed E-state index contributed by atoms with van der Waals surface area (Å²) in [6.45, 7) is 4.27. The topological polar surface area (TPSA) is 71.3 Å². The number of nitrogens with one attached hydrogen (secondary N) is 2. The van der Waals surface area contributed by atoms with Gasteiger partial charge in [-0.05, 0) is 14.0 Å². The zero-order valence-electron chi connectivity index (χ0n) is 9.12. The summed E-state index contributed by atoms with van der Waals surface area (Å²) in [5.41, 5.74) is 0. The first-order valence-corrected chi connectivity index (χ1v) is 6.23. The summed E-state index contributed by atoms with van der Waals surface area (Å²) in [4.78, 5) is 0.217. The highest BCUT2D eigenvalue weighted by atomic mass is 32.2. The maximum atomic E-state index is 11.7. The third kappa shape index (κ3) is 2.80. The van der Waals surface area contributed by atoms with E-state index >= 15 is 0 Å². The smallest absolute Gasteiger partial charge is 0.244 e. The van der Waals surface area contributed by atoms with Crippen LogP contribution in [0.5, 0.6) is 0 Å². The van der Waals surface area contributed by atoms with E-state index in [1.165, 1.54) is 0 Å². The summed E-state index contributed by atoms with van der Waals surface area (Å²) in [6, 6.07) is 1.55. The number of rotatable bonds is 5. The van der Waals surface area contributed by atoms with E-state index in [1.807, 2.05) is 0 Å². The monoisotopic (exact) mass is 232 g/mol. The maximum Gasteiger partial charge on any atom is 0.244 e. The van der Waals surface area contributed by atoms with Crippen LogP contribution in [0.1, 0.15) is 18.4 Å². The van der Waals surface area contributed by atoms with Crippen molar-refractivity contribution in [2.75, 3.05) is 13.6 Å². The van der Waals surface area contributed by atoms with Crippen LogP contribution in [0.2, 0.25) is 0 Å². The predicted octanol–water partition coefficient (Wildman–Crippen LogP) is 0.606. The molecule has 6 heteroatoms. The molecule has 0 aliphatic carbocycles. The average molecular weight is 232 g/mol. The van der Waals surface area contributed by atoms with Crippen LogP contribution in [0.3, 0.4) is 0 Å². The van der Waals surface area contributed by atoms with Crippen LogP contribution in [-0.2, 0) is 16.6 Å². The summed E-state index contributed by atoms with van der Waals surface area (Å²) in [7, 11) is -1.64. The lowest BCUT2D eigenvalue weighted by Crippen LogP contribution is -2.23. The second kappa shape index (κ2) is 4.78. The standard InChI is InChI=1S/C9H16N2O3S/c1-4-11-15(12,13)9-5-8(6-10-3)14-7(9)2/h5,10-11H,4,6H2,1-3H3. The molecule has 1 aromatic heterocycles. The maximum absolute atomic E-state index is 11.7. The van der Waals surface area contributed by atoms with Crippen molar-refractivity contribution in [3.8, 4) is 0 Å². The van der Waals surface area contributed by atoms with Crippen molar-refractivity contribution < 1.29 is 12.8 Å². The van der Waals surface area contributed by atoms with Gasteiger partial charge in [0.15, 0.2) is 0 Å². The van der Waals surface area contributed by atoms with Gasteiger partial charge < -0.3 is 9.73 Å². The first kappa shape index (κ1) is 12.2. The van der Waals surface area contributed by atoms with Crippen molar-refractivity contribution in [3.63, 3.8) is 0 Å². The van der Waals surface area contributed by atoms with Gasteiger partial charge in [-0.2, -0.15) is 0 Å². The van der Waals surface area contributed by atoms with Crippen LogP contribution in [0, 0.1) is 6.92 Å². The van der Waals surface area contributed by atoms with Gasteiger partial charge in [-0.1, -0.05) is 6.92 Å². The minimum Gasteiger partial charge on any atom is -0.464 e. The second-order valence-electron chi connectivity index (χ2n) is 3.16. The Labute approximate surface area is 89.9 Å². The third-order valence-corrected chi connectivity index (χ3v) is 3.55. The van der Waals surface area contributed by atoms with Gasteiger partial charge in [-0.25, -0.2) is 13.1 Å². The molecule has 0 amide bonds. The lowest BCUT2D eigenvalue weighted by atomic mass is 10.4. The van der Waals surface area contributed by atoms with Crippen molar-refractivity contribution in [2.24, 2.45) is 0 Å². The van der Waals surface area contributed by atoms with Gasteiger partial charge in [-0.3, -0.25) is 0 Å². The van der Waals surface area contributed by atoms with Gasteiger partial charge in [-0.15, -0.1) is 0 Å². The fraction of sp³-hybridized carbons (Fsp3) is 0.556. The first-order valence-electron chi connectivity index (χ1n) is 4.74. The summed E-state index contributed by atoms with van der Waals surface area (Å²) in [5.74, 6) is 1.03. The normalized spacial score (nSPS) is 11.9. The second-order valence-corrected chi connectivity index (χ2v) is 4.90. The van der Waals surface area contributed by atoms with Gasteiger partial charge in [0.2, 0.25) is 10.0 Å². The highest BCUT2D eigenvalue weighted by Crippen LogP contribution is 2.19. The van der Waals surface area contributed by atoms with Crippen LogP contribution in [0.25, 0.3) is 0 Å². The van der Waals surface area contributed by atoms with Gasteiger partial charge in [0.1, 0.15) is 16.4 Å². The Morgan fingerprint density at radius 1 is 1.47 bits per heavy atom. The molecule has 0 spiro atoms. The Hall–Kier alpha value is -0.850. The zero-order chi connectivity index (χ0) is 11.5. The molecule has 0 unspecified atom stereocenters. The van der Waals surface area contributed by atoms with Crippen LogP contribution in [0.4, 0.5) is 0 Å². The molecule has 1 heterocycles. The lowest BCUT2D eigenvalue weighted by molar-refractivity contribution is 0.466. The van der Waals surface area contributed by atoms with Crippen LogP contribution < -0.4 is 10.0 Å². The number of hydrogen-bond donors (Lipinski definition) is 2. The molecule has 0 bridgehead atoms. The molecule has 0 fully saturated rings. The van der Waals surface area contributed by atoms with E-state index in [9.17, 15) is 8.42 Å². The summed E-state index contributed by atoms with van der Waals surface area (Å²) < 4.78 is 31.1. The van der Waals surface area contributed by atoms with Crippen molar-refractivity contribution in [2.45, 2.75) is 25.3 Å². The first-order chi connectivity index (χ1) is 7.01. The van der Waals surface area contributed by atoms with Gasteiger partial charge in [0.25, 0.3) is 0 Å². The minimum absolute atomic E-state index is 0.217. The Kier molecular flexibility index (Phi) is 3.90. The van der Waals surface area contributed by atoms with E-state index in [1.54, 1.807) is 27.0 Å². The molecule has 2 N–H and O–H groups in total. The molecule has 0 saturated heterocycles. The third-order valence-electron chi connectivity index (χ3n) is 1.90. The molecular weight excluding hydrogens is 216 g/mol.